The highest BCUT2D eigenvalue weighted by atomic mass is 16.5. The Bertz CT molecular complexity index is 338. The van der Waals surface area contributed by atoms with Gasteiger partial charge in [-0.2, -0.15) is 5.26 Å². The third-order valence-electron chi connectivity index (χ3n) is 2.47. The summed E-state index contributed by atoms with van der Waals surface area (Å²) in [5.74, 6) is 1.20. The van der Waals surface area contributed by atoms with E-state index >= 15 is 0 Å². The molecule has 0 amide bonds. The molecule has 1 rings (SSSR count). The molecule has 15 heavy (non-hydrogen) atoms. The molecule has 0 spiro atoms. The Hall–Kier alpha value is -1.34. The molecule has 0 atom stereocenters. The number of hydrogen-bond acceptors (Lipinski definition) is 2. The minimum atomic E-state index is 0.563. The summed E-state index contributed by atoms with van der Waals surface area (Å²) in [6.07, 6.45) is 5.67. The first kappa shape index (κ1) is 11.7. The second-order valence-electron chi connectivity index (χ2n) is 3.49. The van der Waals surface area contributed by atoms with E-state index in [0.29, 0.717) is 6.42 Å². The van der Waals surface area contributed by atoms with E-state index in [0.717, 1.165) is 26.1 Å². The lowest BCUT2D eigenvalue weighted by atomic mass is 10.4. The van der Waals surface area contributed by atoms with E-state index in [2.05, 4.69) is 28.3 Å². The highest BCUT2D eigenvalue weighted by Crippen LogP contribution is 1.97. The molecule has 0 aromatic carbocycles. The van der Waals surface area contributed by atoms with Crippen molar-refractivity contribution in [2.75, 3.05) is 13.7 Å². The maximum Gasteiger partial charge on any atom is 0.253 e. The molecule has 0 fully saturated rings. The molecule has 0 aliphatic heterocycles. The molecule has 1 aromatic rings. The van der Waals surface area contributed by atoms with Crippen LogP contribution >= 0.6 is 0 Å². The topological polar surface area (TPSA) is 41.8 Å². The molecule has 0 aliphatic carbocycles. The van der Waals surface area contributed by atoms with Crippen molar-refractivity contribution in [1.82, 2.24) is 4.57 Å². The van der Waals surface area contributed by atoms with Crippen molar-refractivity contribution >= 4 is 0 Å². The molecule has 0 saturated carbocycles. The molecular weight excluding hydrogens is 190 g/mol. The molecule has 0 N–H and O–H groups in total. The van der Waals surface area contributed by atoms with Gasteiger partial charge in [-0.25, -0.2) is 9.13 Å². The quantitative estimate of drug-likeness (QED) is 0.517. The lowest BCUT2D eigenvalue weighted by Crippen LogP contribution is -2.35. The van der Waals surface area contributed by atoms with Crippen LogP contribution in [0.5, 0.6) is 0 Å². The Balaban J connectivity index is 2.51. The van der Waals surface area contributed by atoms with Crippen molar-refractivity contribution in [2.45, 2.75) is 32.9 Å². The van der Waals surface area contributed by atoms with Gasteiger partial charge >= 0.3 is 0 Å². The monoisotopic (exact) mass is 208 g/mol. The van der Waals surface area contributed by atoms with Crippen LogP contribution in [0.3, 0.4) is 0 Å². The normalized spacial score (nSPS) is 10.2. The summed E-state index contributed by atoms with van der Waals surface area (Å²) in [4.78, 5) is 0. The first-order valence-electron chi connectivity index (χ1n) is 5.20. The molecule has 0 bridgehead atoms. The van der Waals surface area contributed by atoms with Crippen LogP contribution in [0.25, 0.3) is 0 Å². The van der Waals surface area contributed by atoms with Crippen molar-refractivity contribution in [2.24, 2.45) is 0 Å². The number of hydrogen-bond donors (Lipinski definition) is 0. The van der Waals surface area contributed by atoms with E-state index in [-0.39, 0.29) is 0 Å². The molecule has 4 heteroatoms. The van der Waals surface area contributed by atoms with Crippen LogP contribution in [0.4, 0.5) is 0 Å². The third-order valence-corrected chi connectivity index (χ3v) is 2.47. The van der Waals surface area contributed by atoms with Crippen LogP contribution in [0.1, 0.15) is 18.7 Å². The Morgan fingerprint density at radius 2 is 2.40 bits per heavy atom. The first-order valence-corrected chi connectivity index (χ1v) is 5.20. The van der Waals surface area contributed by atoms with Crippen molar-refractivity contribution in [1.29, 1.82) is 5.26 Å². The van der Waals surface area contributed by atoms with Gasteiger partial charge in [0.2, 0.25) is 0 Å². The lowest BCUT2D eigenvalue weighted by molar-refractivity contribution is -0.701. The fourth-order valence-electron chi connectivity index (χ4n) is 1.56. The van der Waals surface area contributed by atoms with Gasteiger partial charge in [0.15, 0.2) is 0 Å². The highest BCUT2D eigenvalue weighted by Gasteiger charge is 2.10. The number of ether oxygens (including phenoxy) is 1. The second kappa shape index (κ2) is 6.20. The van der Waals surface area contributed by atoms with E-state index in [1.807, 2.05) is 6.20 Å². The summed E-state index contributed by atoms with van der Waals surface area (Å²) in [5.41, 5.74) is 0. The van der Waals surface area contributed by atoms with Crippen molar-refractivity contribution in [3.63, 3.8) is 0 Å². The first-order chi connectivity index (χ1) is 7.29. The molecule has 1 heterocycles. The van der Waals surface area contributed by atoms with Gasteiger partial charge in [0.1, 0.15) is 18.9 Å². The summed E-state index contributed by atoms with van der Waals surface area (Å²) in [5, 5.41) is 8.51. The van der Waals surface area contributed by atoms with Gasteiger partial charge in [0, 0.05) is 27.1 Å². The van der Waals surface area contributed by atoms with Crippen LogP contribution in [-0.2, 0) is 17.8 Å². The maximum atomic E-state index is 8.51. The average molecular weight is 208 g/mol. The molecule has 82 valence electrons. The predicted molar refractivity (Wildman–Crippen MR) is 56.1 cm³/mol. The lowest BCUT2D eigenvalue weighted by Gasteiger charge is -1.99. The van der Waals surface area contributed by atoms with Crippen molar-refractivity contribution in [3.8, 4) is 6.07 Å². The standard InChI is InChI=1S/C11H18N3O/c1-11-13(6-3-5-12)8-9-14(11)7-4-10-15-2/h8-9H,3-4,6-7,10H2,1-2H3/q+1. The third kappa shape index (κ3) is 3.37. The van der Waals surface area contributed by atoms with Crippen LogP contribution in [0, 0.1) is 18.3 Å². The zero-order valence-corrected chi connectivity index (χ0v) is 9.44. The van der Waals surface area contributed by atoms with Gasteiger partial charge in [-0.15, -0.1) is 0 Å². The largest absolute Gasteiger partial charge is 0.385 e. The summed E-state index contributed by atoms with van der Waals surface area (Å²) < 4.78 is 9.31. The predicted octanol–water partition coefficient (Wildman–Crippen LogP) is 1.03. The second-order valence-corrected chi connectivity index (χ2v) is 3.49. The summed E-state index contributed by atoms with van der Waals surface area (Å²) >= 11 is 0. The number of aromatic nitrogens is 2. The molecule has 1 aromatic heterocycles. The smallest absolute Gasteiger partial charge is 0.253 e. The maximum absolute atomic E-state index is 8.51. The van der Waals surface area contributed by atoms with Gasteiger partial charge in [-0.1, -0.05) is 0 Å². The van der Waals surface area contributed by atoms with Gasteiger partial charge in [0.25, 0.3) is 5.82 Å². The van der Waals surface area contributed by atoms with Crippen molar-refractivity contribution < 1.29 is 9.30 Å². The SMILES string of the molecule is COCCCn1cc[n+](CCC#N)c1C. The van der Waals surface area contributed by atoms with E-state index in [1.54, 1.807) is 7.11 Å². The van der Waals surface area contributed by atoms with E-state index in [4.69, 9.17) is 10.00 Å². The number of methoxy groups -OCH3 is 1. The Morgan fingerprint density at radius 1 is 1.60 bits per heavy atom. The highest BCUT2D eigenvalue weighted by molar-refractivity contribution is 4.80. The Labute approximate surface area is 90.7 Å². The average Bonchev–Trinajstić information content (AvgIpc) is 2.58. The Morgan fingerprint density at radius 3 is 3.07 bits per heavy atom. The fourth-order valence-corrected chi connectivity index (χ4v) is 1.56. The number of nitrogens with zero attached hydrogens (tertiary/aromatic N) is 3. The van der Waals surface area contributed by atoms with Gasteiger partial charge in [-0.3, -0.25) is 0 Å². The molecular formula is C11H18N3O+. The number of aryl methyl sites for hydroxylation is 2. The van der Waals surface area contributed by atoms with Gasteiger partial charge in [-0.05, 0) is 0 Å². The molecule has 0 unspecified atom stereocenters. The molecule has 0 radical (unpaired) electrons. The molecule has 0 aliphatic rings. The molecule has 4 nitrogen and oxygen atoms in total. The van der Waals surface area contributed by atoms with E-state index in [9.17, 15) is 0 Å². The van der Waals surface area contributed by atoms with Crippen LogP contribution in [0.15, 0.2) is 12.4 Å². The van der Waals surface area contributed by atoms with Gasteiger partial charge in [0.05, 0.1) is 19.0 Å². The zero-order valence-electron chi connectivity index (χ0n) is 9.44. The molecule has 0 saturated heterocycles. The number of rotatable bonds is 6. The number of imidazole rings is 1. The van der Waals surface area contributed by atoms with Crippen molar-refractivity contribution in [3.05, 3.63) is 18.2 Å². The number of nitriles is 1. The van der Waals surface area contributed by atoms with Crippen LogP contribution in [0.2, 0.25) is 0 Å². The van der Waals surface area contributed by atoms with Gasteiger partial charge < -0.3 is 4.74 Å². The zero-order chi connectivity index (χ0) is 11.1. The summed E-state index contributed by atoms with van der Waals surface area (Å²) in [6.45, 7) is 4.61. The summed E-state index contributed by atoms with van der Waals surface area (Å²) in [7, 11) is 1.72. The Kier molecular flexibility index (Phi) is 4.85. The minimum Gasteiger partial charge on any atom is -0.385 e. The van der Waals surface area contributed by atoms with E-state index < -0.39 is 0 Å². The van der Waals surface area contributed by atoms with Crippen LogP contribution < -0.4 is 4.57 Å². The summed E-state index contributed by atoms with van der Waals surface area (Å²) in [6, 6.07) is 2.15. The fraction of sp³-hybridized carbons (Fsp3) is 0.636. The van der Waals surface area contributed by atoms with Crippen LogP contribution in [-0.4, -0.2) is 18.3 Å². The van der Waals surface area contributed by atoms with E-state index in [1.165, 1.54) is 5.82 Å². The minimum absolute atomic E-state index is 0.563.